The van der Waals surface area contributed by atoms with E-state index in [-0.39, 0.29) is 11.5 Å². The smallest absolute Gasteiger partial charge is 0.124 e. The van der Waals surface area contributed by atoms with E-state index in [1.54, 1.807) is 7.11 Å². The predicted molar refractivity (Wildman–Crippen MR) is 61.6 cm³/mol. The molecule has 0 aromatic heterocycles. The summed E-state index contributed by atoms with van der Waals surface area (Å²) in [5.74, 6) is 1.14. The first-order chi connectivity index (χ1) is 6.29. The second-order valence-corrected chi connectivity index (χ2v) is 5.14. The normalized spacial score (nSPS) is 16.1. The van der Waals surface area contributed by atoms with Crippen LogP contribution in [0, 0.1) is 11.3 Å². The predicted octanol–water partition coefficient (Wildman–Crippen LogP) is 2.06. The molecule has 0 aromatic rings. The standard InChI is InChI=1S/C11H24N2O/c1-8(2)7-13-10(12)9(14-6)11(3,4)5/h8-9H,7H2,1-6H3,(H2,12,13). The molecule has 0 saturated carbocycles. The van der Waals surface area contributed by atoms with Crippen molar-refractivity contribution < 1.29 is 4.74 Å². The second-order valence-electron chi connectivity index (χ2n) is 5.14. The van der Waals surface area contributed by atoms with Crippen LogP contribution in [-0.2, 0) is 4.74 Å². The van der Waals surface area contributed by atoms with E-state index in [4.69, 9.17) is 10.5 Å². The second kappa shape index (κ2) is 5.35. The molecule has 0 amide bonds. The highest BCUT2D eigenvalue weighted by Crippen LogP contribution is 2.21. The first-order valence-electron chi connectivity index (χ1n) is 5.11. The maximum absolute atomic E-state index is 5.89. The van der Waals surface area contributed by atoms with Crippen molar-refractivity contribution in [3.63, 3.8) is 0 Å². The van der Waals surface area contributed by atoms with E-state index in [0.717, 1.165) is 6.54 Å². The van der Waals surface area contributed by atoms with E-state index >= 15 is 0 Å². The van der Waals surface area contributed by atoms with Gasteiger partial charge in [-0.25, -0.2) is 0 Å². The van der Waals surface area contributed by atoms with Gasteiger partial charge in [0, 0.05) is 13.7 Å². The van der Waals surface area contributed by atoms with Crippen LogP contribution >= 0.6 is 0 Å². The maximum atomic E-state index is 5.89. The van der Waals surface area contributed by atoms with Gasteiger partial charge >= 0.3 is 0 Å². The van der Waals surface area contributed by atoms with Crippen LogP contribution in [-0.4, -0.2) is 25.6 Å². The lowest BCUT2D eigenvalue weighted by Gasteiger charge is -2.28. The molecule has 0 aliphatic heterocycles. The number of aliphatic imine (C=N–C) groups is 1. The zero-order valence-corrected chi connectivity index (χ0v) is 10.3. The van der Waals surface area contributed by atoms with Crippen LogP contribution in [0.1, 0.15) is 34.6 Å². The lowest BCUT2D eigenvalue weighted by Crippen LogP contribution is -2.41. The van der Waals surface area contributed by atoms with Crippen LogP contribution in [0.15, 0.2) is 4.99 Å². The minimum absolute atomic E-state index is 0.000682. The van der Waals surface area contributed by atoms with Gasteiger partial charge in [-0.2, -0.15) is 0 Å². The Morgan fingerprint density at radius 2 is 1.86 bits per heavy atom. The summed E-state index contributed by atoms with van der Waals surface area (Å²) in [6, 6.07) is 0. The zero-order valence-electron chi connectivity index (χ0n) is 10.3. The third kappa shape index (κ3) is 4.61. The largest absolute Gasteiger partial charge is 0.385 e. The molecule has 0 radical (unpaired) electrons. The molecule has 3 nitrogen and oxygen atoms in total. The van der Waals surface area contributed by atoms with Crippen molar-refractivity contribution in [3.8, 4) is 0 Å². The van der Waals surface area contributed by atoms with Crippen molar-refractivity contribution in [1.82, 2.24) is 0 Å². The first-order valence-corrected chi connectivity index (χ1v) is 5.11. The fourth-order valence-electron chi connectivity index (χ4n) is 1.29. The summed E-state index contributed by atoms with van der Waals surface area (Å²) in [5.41, 5.74) is 5.89. The number of nitrogens with zero attached hydrogens (tertiary/aromatic N) is 1. The molecule has 1 atom stereocenters. The third-order valence-electron chi connectivity index (χ3n) is 1.93. The Bertz CT molecular complexity index is 192. The molecule has 0 fully saturated rings. The molecule has 0 spiro atoms. The molecule has 0 rings (SSSR count). The molecular formula is C11H24N2O. The molecule has 0 bridgehead atoms. The molecule has 0 saturated heterocycles. The number of hydrogen-bond donors (Lipinski definition) is 1. The molecule has 0 heterocycles. The molecule has 1 unspecified atom stereocenters. The van der Waals surface area contributed by atoms with Crippen molar-refractivity contribution >= 4 is 5.84 Å². The summed E-state index contributed by atoms with van der Waals surface area (Å²) in [5, 5.41) is 0. The minimum Gasteiger partial charge on any atom is -0.385 e. The third-order valence-corrected chi connectivity index (χ3v) is 1.93. The molecule has 0 aliphatic carbocycles. The Morgan fingerprint density at radius 1 is 1.36 bits per heavy atom. The molecule has 3 heteroatoms. The van der Waals surface area contributed by atoms with Gasteiger partial charge < -0.3 is 10.5 Å². The Hall–Kier alpha value is -0.570. The van der Waals surface area contributed by atoms with Gasteiger partial charge in [0.15, 0.2) is 0 Å². The van der Waals surface area contributed by atoms with Crippen molar-refractivity contribution in [2.75, 3.05) is 13.7 Å². The quantitative estimate of drug-likeness (QED) is 0.558. The molecule has 14 heavy (non-hydrogen) atoms. The van der Waals surface area contributed by atoms with Gasteiger partial charge in [-0.15, -0.1) is 0 Å². The highest BCUT2D eigenvalue weighted by Gasteiger charge is 2.27. The van der Waals surface area contributed by atoms with E-state index in [1.807, 2.05) is 0 Å². The maximum Gasteiger partial charge on any atom is 0.124 e. The number of methoxy groups -OCH3 is 1. The fourth-order valence-corrected chi connectivity index (χ4v) is 1.29. The topological polar surface area (TPSA) is 47.6 Å². The molecule has 2 N–H and O–H groups in total. The van der Waals surface area contributed by atoms with Gasteiger partial charge in [0.1, 0.15) is 11.9 Å². The van der Waals surface area contributed by atoms with Crippen LogP contribution in [0.2, 0.25) is 0 Å². The Kier molecular flexibility index (Phi) is 5.13. The average molecular weight is 200 g/mol. The van der Waals surface area contributed by atoms with Gasteiger partial charge in [-0.1, -0.05) is 34.6 Å². The van der Waals surface area contributed by atoms with E-state index < -0.39 is 0 Å². The van der Waals surface area contributed by atoms with E-state index in [9.17, 15) is 0 Å². The van der Waals surface area contributed by atoms with Crippen LogP contribution in [0.25, 0.3) is 0 Å². The van der Waals surface area contributed by atoms with E-state index in [1.165, 1.54) is 0 Å². The fraction of sp³-hybridized carbons (Fsp3) is 0.909. The number of nitrogens with two attached hydrogens (primary N) is 1. The lowest BCUT2D eigenvalue weighted by molar-refractivity contribution is 0.0672. The number of hydrogen-bond acceptors (Lipinski definition) is 2. The van der Waals surface area contributed by atoms with Gasteiger partial charge in [0.05, 0.1) is 0 Å². The monoisotopic (exact) mass is 200 g/mol. The summed E-state index contributed by atoms with van der Waals surface area (Å²) < 4.78 is 5.35. The number of amidine groups is 1. The average Bonchev–Trinajstić information content (AvgIpc) is 1.99. The summed E-state index contributed by atoms with van der Waals surface area (Å²) in [7, 11) is 1.67. The SMILES string of the molecule is COC(C(N)=NCC(C)C)C(C)(C)C. The lowest BCUT2D eigenvalue weighted by atomic mass is 9.88. The van der Waals surface area contributed by atoms with Gasteiger partial charge in [-0.3, -0.25) is 4.99 Å². The summed E-state index contributed by atoms with van der Waals surface area (Å²) in [6.07, 6.45) is -0.0961. The highest BCUT2D eigenvalue weighted by molar-refractivity contribution is 5.85. The number of rotatable bonds is 4. The van der Waals surface area contributed by atoms with Crippen molar-refractivity contribution in [2.24, 2.45) is 22.1 Å². The Balaban J connectivity index is 4.46. The van der Waals surface area contributed by atoms with E-state index in [0.29, 0.717) is 11.8 Å². The molecule has 0 aliphatic rings. The van der Waals surface area contributed by atoms with Crippen molar-refractivity contribution in [3.05, 3.63) is 0 Å². The molecular weight excluding hydrogens is 176 g/mol. The van der Waals surface area contributed by atoms with Gasteiger partial charge in [-0.05, 0) is 11.3 Å². The zero-order chi connectivity index (χ0) is 11.4. The number of ether oxygens (including phenoxy) is 1. The van der Waals surface area contributed by atoms with Crippen LogP contribution < -0.4 is 5.73 Å². The summed E-state index contributed by atoms with van der Waals surface area (Å²) >= 11 is 0. The van der Waals surface area contributed by atoms with E-state index in [2.05, 4.69) is 39.6 Å². The van der Waals surface area contributed by atoms with Gasteiger partial charge in [0.2, 0.25) is 0 Å². The van der Waals surface area contributed by atoms with Crippen molar-refractivity contribution in [1.29, 1.82) is 0 Å². The molecule has 0 aromatic carbocycles. The van der Waals surface area contributed by atoms with Crippen LogP contribution in [0.5, 0.6) is 0 Å². The van der Waals surface area contributed by atoms with Crippen molar-refractivity contribution in [2.45, 2.75) is 40.7 Å². The summed E-state index contributed by atoms with van der Waals surface area (Å²) in [4.78, 5) is 4.33. The Morgan fingerprint density at radius 3 is 2.14 bits per heavy atom. The van der Waals surface area contributed by atoms with Gasteiger partial charge in [0.25, 0.3) is 0 Å². The first kappa shape index (κ1) is 13.4. The summed E-state index contributed by atoms with van der Waals surface area (Å²) in [6.45, 7) is 11.3. The molecule has 84 valence electrons. The van der Waals surface area contributed by atoms with Crippen LogP contribution in [0.4, 0.5) is 0 Å². The Labute approximate surface area is 87.7 Å². The highest BCUT2D eigenvalue weighted by atomic mass is 16.5. The van der Waals surface area contributed by atoms with Crippen LogP contribution in [0.3, 0.4) is 0 Å². The minimum atomic E-state index is -0.0961.